The van der Waals surface area contributed by atoms with Crippen LogP contribution in [0, 0.1) is 0 Å². The second-order valence-electron chi connectivity index (χ2n) is 3.30. The van der Waals surface area contributed by atoms with Gasteiger partial charge in [0.1, 0.15) is 0 Å². The van der Waals surface area contributed by atoms with Gasteiger partial charge in [0.05, 0.1) is 17.7 Å². The summed E-state index contributed by atoms with van der Waals surface area (Å²) in [6.45, 7) is 1.22. The van der Waals surface area contributed by atoms with E-state index in [4.69, 9.17) is 15.9 Å². The van der Waals surface area contributed by atoms with E-state index in [1.54, 1.807) is 6.92 Å². The van der Waals surface area contributed by atoms with Gasteiger partial charge in [-0.2, -0.15) is 0 Å². The van der Waals surface area contributed by atoms with Gasteiger partial charge in [0, 0.05) is 18.0 Å². The van der Waals surface area contributed by atoms with Crippen LogP contribution in [0.25, 0.3) is 0 Å². The van der Waals surface area contributed by atoms with Crippen molar-refractivity contribution >= 4 is 5.97 Å². The Bertz CT molecular complexity index is 350. The summed E-state index contributed by atoms with van der Waals surface area (Å²) in [6.07, 6.45) is 2.74. The quantitative estimate of drug-likeness (QED) is 0.629. The van der Waals surface area contributed by atoms with E-state index in [1.807, 2.05) is 0 Å². The smallest absolute Gasteiger partial charge is 0.336 e. The summed E-state index contributed by atoms with van der Waals surface area (Å²) in [4.78, 5) is 14.6. The van der Waals surface area contributed by atoms with Gasteiger partial charge in [-0.25, -0.2) is 4.79 Å². The third-order valence-corrected chi connectivity index (χ3v) is 2.00. The maximum Gasteiger partial charge on any atom is 0.336 e. The molecule has 4 N–H and O–H groups in total. The molecule has 0 bridgehead atoms. The van der Waals surface area contributed by atoms with Gasteiger partial charge in [0.15, 0.2) is 0 Å². The zero-order valence-corrected chi connectivity index (χ0v) is 7.77. The van der Waals surface area contributed by atoms with E-state index in [2.05, 4.69) is 4.98 Å². The fourth-order valence-corrected chi connectivity index (χ4v) is 1.12. The van der Waals surface area contributed by atoms with Crippen molar-refractivity contribution in [1.29, 1.82) is 0 Å². The molecule has 1 heterocycles. The molecular formula is C9H12N2O3. The number of pyridine rings is 1. The van der Waals surface area contributed by atoms with Crippen LogP contribution in [-0.4, -0.2) is 27.8 Å². The van der Waals surface area contributed by atoms with Crippen LogP contribution in [0.4, 0.5) is 0 Å². The van der Waals surface area contributed by atoms with Crippen molar-refractivity contribution in [3.05, 3.63) is 29.6 Å². The van der Waals surface area contributed by atoms with E-state index in [0.29, 0.717) is 5.56 Å². The molecule has 5 heteroatoms. The number of hydrogen-bond donors (Lipinski definition) is 3. The van der Waals surface area contributed by atoms with Crippen molar-refractivity contribution in [2.24, 2.45) is 5.73 Å². The number of carboxylic acid groups (broad SMARTS) is 1. The Balaban J connectivity index is 3.27. The molecule has 0 spiro atoms. The number of aliphatic hydroxyl groups excluding tert-OH is 1. The van der Waals surface area contributed by atoms with Gasteiger partial charge in [-0.15, -0.1) is 0 Å². The first-order chi connectivity index (χ1) is 6.49. The minimum absolute atomic E-state index is 0.0686. The Morgan fingerprint density at radius 1 is 1.71 bits per heavy atom. The van der Waals surface area contributed by atoms with Gasteiger partial charge in [0.25, 0.3) is 0 Å². The first kappa shape index (κ1) is 10.6. The van der Waals surface area contributed by atoms with Crippen molar-refractivity contribution < 1.29 is 15.0 Å². The summed E-state index contributed by atoms with van der Waals surface area (Å²) in [5.74, 6) is -1.08. The van der Waals surface area contributed by atoms with Gasteiger partial charge in [-0.1, -0.05) is 0 Å². The van der Waals surface area contributed by atoms with Gasteiger partial charge in [-0.3, -0.25) is 4.98 Å². The molecule has 76 valence electrons. The Morgan fingerprint density at radius 3 is 2.86 bits per heavy atom. The largest absolute Gasteiger partial charge is 0.478 e. The van der Waals surface area contributed by atoms with Crippen molar-refractivity contribution in [2.75, 3.05) is 6.61 Å². The summed E-state index contributed by atoms with van der Waals surface area (Å²) < 4.78 is 0. The summed E-state index contributed by atoms with van der Waals surface area (Å²) in [6, 6.07) is 1.36. The minimum Gasteiger partial charge on any atom is -0.478 e. The lowest BCUT2D eigenvalue weighted by molar-refractivity contribution is 0.0692. The molecule has 0 radical (unpaired) electrons. The van der Waals surface area contributed by atoms with Gasteiger partial charge >= 0.3 is 5.97 Å². The fraction of sp³-hybridized carbons (Fsp3) is 0.333. The SMILES string of the molecule is C[C@@](N)(CO)c1cnccc1C(=O)O. The molecule has 0 aliphatic heterocycles. The molecule has 0 saturated carbocycles. The monoisotopic (exact) mass is 196 g/mol. The minimum atomic E-state index is -1.08. The molecule has 0 aliphatic rings. The summed E-state index contributed by atoms with van der Waals surface area (Å²) in [5.41, 5.74) is 5.04. The molecule has 0 fully saturated rings. The van der Waals surface area contributed by atoms with Crippen LogP contribution in [0.3, 0.4) is 0 Å². The number of carbonyl (C=O) groups is 1. The summed E-state index contributed by atoms with van der Waals surface area (Å²) in [5, 5.41) is 17.9. The van der Waals surface area contributed by atoms with E-state index in [-0.39, 0.29) is 12.2 Å². The zero-order valence-electron chi connectivity index (χ0n) is 7.77. The molecule has 14 heavy (non-hydrogen) atoms. The Morgan fingerprint density at radius 2 is 2.36 bits per heavy atom. The zero-order chi connectivity index (χ0) is 10.8. The van der Waals surface area contributed by atoms with E-state index in [0.717, 1.165) is 0 Å². The van der Waals surface area contributed by atoms with E-state index in [9.17, 15) is 4.79 Å². The topological polar surface area (TPSA) is 96.4 Å². The second-order valence-corrected chi connectivity index (χ2v) is 3.30. The molecule has 0 aliphatic carbocycles. The fourth-order valence-electron chi connectivity index (χ4n) is 1.12. The third kappa shape index (κ3) is 1.89. The van der Waals surface area contributed by atoms with E-state index < -0.39 is 11.5 Å². The highest BCUT2D eigenvalue weighted by atomic mass is 16.4. The highest BCUT2D eigenvalue weighted by molar-refractivity contribution is 5.89. The molecule has 1 atom stereocenters. The summed E-state index contributed by atoms with van der Waals surface area (Å²) in [7, 11) is 0. The van der Waals surface area contributed by atoms with Crippen LogP contribution in [0.2, 0.25) is 0 Å². The number of rotatable bonds is 3. The lowest BCUT2D eigenvalue weighted by Crippen LogP contribution is -2.38. The lowest BCUT2D eigenvalue weighted by Gasteiger charge is -2.23. The molecule has 5 nitrogen and oxygen atoms in total. The normalized spacial score (nSPS) is 14.8. The maximum atomic E-state index is 10.8. The van der Waals surface area contributed by atoms with Crippen LogP contribution in [-0.2, 0) is 5.54 Å². The summed E-state index contributed by atoms with van der Waals surface area (Å²) >= 11 is 0. The Hall–Kier alpha value is -1.46. The average Bonchev–Trinajstić information content (AvgIpc) is 2.18. The van der Waals surface area contributed by atoms with Crippen LogP contribution in [0.15, 0.2) is 18.5 Å². The van der Waals surface area contributed by atoms with Crippen molar-refractivity contribution in [2.45, 2.75) is 12.5 Å². The van der Waals surface area contributed by atoms with Crippen molar-refractivity contribution in [3.8, 4) is 0 Å². The van der Waals surface area contributed by atoms with Crippen LogP contribution < -0.4 is 5.73 Å². The molecule has 1 aromatic heterocycles. The number of aromatic carboxylic acids is 1. The van der Waals surface area contributed by atoms with Gasteiger partial charge in [-0.05, 0) is 13.0 Å². The number of nitrogens with two attached hydrogens (primary N) is 1. The van der Waals surface area contributed by atoms with Gasteiger partial charge in [0.2, 0.25) is 0 Å². The lowest BCUT2D eigenvalue weighted by atomic mass is 9.91. The predicted molar refractivity (Wildman–Crippen MR) is 49.8 cm³/mol. The van der Waals surface area contributed by atoms with Crippen LogP contribution >= 0.6 is 0 Å². The number of nitrogens with zero attached hydrogens (tertiary/aromatic N) is 1. The number of hydrogen-bond acceptors (Lipinski definition) is 4. The maximum absolute atomic E-state index is 10.8. The van der Waals surface area contributed by atoms with Crippen molar-refractivity contribution in [1.82, 2.24) is 4.98 Å². The van der Waals surface area contributed by atoms with Crippen LogP contribution in [0.1, 0.15) is 22.8 Å². The van der Waals surface area contributed by atoms with Crippen LogP contribution in [0.5, 0.6) is 0 Å². The van der Waals surface area contributed by atoms with Crippen molar-refractivity contribution in [3.63, 3.8) is 0 Å². The van der Waals surface area contributed by atoms with Gasteiger partial charge < -0.3 is 15.9 Å². The molecule has 0 unspecified atom stereocenters. The Labute approximate surface area is 81.2 Å². The number of carboxylic acids is 1. The standard InChI is InChI=1S/C9H12N2O3/c1-9(10,5-12)7-4-11-3-2-6(7)8(13)14/h2-4,12H,5,10H2,1H3,(H,13,14)/t9-/m1/s1. The van der Waals surface area contributed by atoms with E-state index in [1.165, 1.54) is 18.5 Å². The average molecular weight is 196 g/mol. The van der Waals surface area contributed by atoms with E-state index >= 15 is 0 Å². The predicted octanol–water partition coefficient (Wildman–Crippen LogP) is -0.0540. The first-order valence-corrected chi connectivity index (χ1v) is 4.06. The number of aromatic nitrogens is 1. The molecule has 1 aromatic rings. The highest BCUT2D eigenvalue weighted by Crippen LogP contribution is 2.20. The Kier molecular flexibility index (Phi) is 2.83. The number of aliphatic hydroxyl groups is 1. The highest BCUT2D eigenvalue weighted by Gasteiger charge is 2.25. The molecule has 0 saturated heterocycles. The molecular weight excluding hydrogens is 184 g/mol. The second kappa shape index (κ2) is 3.73. The molecule has 0 amide bonds. The molecule has 0 aromatic carbocycles. The first-order valence-electron chi connectivity index (χ1n) is 4.06. The third-order valence-electron chi connectivity index (χ3n) is 2.00. The molecule has 1 rings (SSSR count).